The van der Waals surface area contributed by atoms with E-state index in [1.807, 2.05) is 0 Å². The number of benzene rings is 1. The van der Waals surface area contributed by atoms with E-state index < -0.39 is 0 Å². The van der Waals surface area contributed by atoms with Crippen molar-refractivity contribution in [3.05, 3.63) is 22.2 Å². The van der Waals surface area contributed by atoms with Crippen LogP contribution in [0.15, 0.2) is 21.6 Å². The fourth-order valence-corrected chi connectivity index (χ4v) is 1.35. The summed E-state index contributed by atoms with van der Waals surface area (Å²) in [7, 11) is 0. The molecule has 1 rings (SSSR count). The van der Waals surface area contributed by atoms with E-state index in [0.717, 1.165) is 0 Å². The second-order valence-corrected chi connectivity index (χ2v) is 3.21. The summed E-state index contributed by atoms with van der Waals surface area (Å²) in [6, 6.07) is 2.90. The molecule has 0 spiro atoms. The van der Waals surface area contributed by atoms with Crippen molar-refractivity contribution in [2.24, 2.45) is 4.99 Å². The predicted molar refractivity (Wildman–Crippen MR) is 49.3 cm³/mol. The third-order valence-electron chi connectivity index (χ3n) is 1.43. The summed E-state index contributed by atoms with van der Waals surface area (Å²) in [6.45, 7) is 0.135. The van der Waals surface area contributed by atoms with E-state index >= 15 is 0 Å². The van der Waals surface area contributed by atoms with Gasteiger partial charge in [-0.25, -0.2) is 9.79 Å². The lowest BCUT2D eigenvalue weighted by atomic mass is 10.2. The molecule has 0 saturated carbocycles. The Morgan fingerprint density at radius 2 is 2.15 bits per heavy atom. The fraction of sp³-hybridized carbons (Fsp3) is 0.125. The molecule has 0 atom stereocenters. The second-order valence-electron chi connectivity index (χ2n) is 2.35. The lowest BCUT2D eigenvalue weighted by Crippen LogP contribution is -1.82. The van der Waals surface area contributed by atoms with Gasteiger partial charge in [0, 0.05) is 0 Å². The first-order valence-corrected chi connectivity index (χ1v) is 4.18. The van der Waals surface area contributed by atoms with Crippen molar-refractivity contribution in [1.29, 1.82) is 0 Å². The SMILES string of the molecule is O=C=NCc1cc(O)c(O)c(Br)c1. The quantitative estimate of drug-likeness (QED) is 0.472. The highest BCUT2D eigenvalue weighted by Crippen LogP contribution is 2.34. The standard InChI is InChI=1S/C8H6BrNO3/c9-6-1-5(3-10-4-11)2-7(12)8(6)13/h1-2,12-13H,3H2. The van der Waals surface area contributed by atoms with E-state index in [2.05, 4.69) is 20.9 Å². The number of aliphatic imine (C=N–C) groups is 1. The zero-order valence-electron chi connectivity index (χ0n) is 6.49. The Morgan fingerprint density at radius 3 is 2.69 bits per heavy atom. The molecular weight excluding hydrogens is 238 g/mol. The van der Waals surface area contributed by atoms with Gasteiger partial charge < -0.3 is 10.2 Å². The number of halogens is 1. The van der Waals surface area contributed by atoms with Gasteiger partial charge in [-0.15, -0.1) is 0 Å². The fourth-order valence-electron chi connectivity index (χ4n) is 0.854. The van der Waals surface area contributed by atoms with E-state index in [0.29, 0.717) is 10.0 Å². The molecule has 0 fully saturated rings. The van der Waals surface area contributed by atoms with Crippen molar-refractivity contribution in [3.63, 3.8) is 0 Å². The van der Waals surface area contributed by atoms with E-state index in [-0.39, 0.29) is 18.0 Å². The highest BCUT2D eigenvalue weighted by Gasteiger charge is 2.05. The third-order valence-corrected chi connectivity index (χ3v) is 2.03. The lowest BCUT2D eigenvalue weighted by molar-refractivity contribution is 0.401. The van der Waals surface area contributed by atoms with Gasteiger partial charge in [-0.05, 0) is 33.6 Å². The van der Waals surface area contributed by atoms with Crippen LogP contribution in [0.3, 0.4) is 0 Å². The summed E-state index contributed by atoms with van der Waals surface area (Å²) in [5.41, 5.74) is 0.616. The highest BCUT2D eigenvalue weighted by atomic mass is 79.9. The summed E-state index contributed by atoms with van der Waals surface area (Å²) in [5, 5.41) is 18.3. The van der Waals surface area contributed by atoms with Gasteiger partial charge in [0.2, 0.25) is 6.08 Å². The smallest absolute Gasteiger partial charge is 0.235 e. The first-order chi connectivity index (χ1) is 6.15. The normalized spacial score (nSPS) is 9.31. The van der Waals surface area contributed by atoms with Crippen molar-refractivity contribution in [2.75, 3.05) is 0 Å². The topological polar surface area (TPSA) is 69.9 Å². The third kappa shape index (κ3) is 2.31. The Bertz CT molecular complexity index is 349. The molecule has 1 aromatic carbocycles. The summed E-state index contributed by atoms with van der Waals surface area (Å²) >= 11 is 3.04. The molecule has 0 aliphatic rings. The molecule has 0 unspecified atom stereocenters. The van der Waals surface area contributed by atoms with Gasteiger partial charge in [0.15, 0.2) is 11.5 Å². The summed E-state index contributed by atoms with van der Waals surface area (Å²) in [5.74, 6) is -0.468. The maximum Gasteiger partial charge on any atom is 0.235 e. The molecule has 0 heterocycles. The van der Waals surface area contributed by atoms with Crippen LogP contribution in [0, 0.1) is 0 Å². The summed E-state index contributed by atoms with van der Waals surface area (Å²) in [4.78, 5) is 13.1. The zero-order valence-corrected chi connectivity index (χ0v) is 8.08. The van der Waals surface area contributed by atoms with Gasteiger partial charge in [0.1, 0.15) is 0 Å². The van der Waals surface area contributed by atoms with Crippen LogP contribution >= 0.6 is 15.9 Å². The van der Waals surface area contributed by atoms with Crippen molar-refractivity contribution in [3.8, 4) is 11.5 Å². The molecule has 0 amide bonds. The molecular formula is C8H6BrNO3. The Hall–Kier alpha value is -1.32. The zero-order chi connectivity index (χ0) is 9.84. The average molecular weight is 244 g/mol. The van der Waals surface area contributed by atoms with Crippen molar-refractivity contribution < 1.29 is 15.0 Å². The monoisotopic (exact) mass is 243 g/mol. The number of isocyanates is 1. The van der Waals surface area contributed by atoms with E-state index in [9.17, 15) is 4.79 Å². The predicted octanol–water partition coefficient (Wildman–Crippen LogP) is 1.70. The molecule has 2 N–H and O–H groups in total. The molecule has 13 heavy (non-hydrogen) atoms. The summed E-state index contributed by atoms with van der Waals surface area (Å²) in [6.07, 6.45) is 1.39. The second kappa shape index (κ2) is 4.07. The molecule has 0 aromatic heterocycles. The van der Waals surface area contributed by atoms with Crippen molar-refractivity contribution >= 4 is 22.0 Å². The molecule has 4 nitrogen and oxygen atoms in total. The number of carbonyl (C=O) groups excluding carboxylic acids is 1. The van der Waals surface area contributed by atoms with Crippen LogP contribution in [0.1, 0.15) is 5.56 Å². The minimum absolute atomic E-state index is 0.135. The van der Waals surface area contributed by atoms with Gasteiger partial charge in [-0.3, -0.25) is 0 Å². The van der Waals surface area contributed by atoms with E-state index in [1.54, 1.807) is 6.07 Å². The van der Waals surface area contributed by atoms with Crippen molar-refractivity contribution in [1.82, 2.24) is 0 Å². The van der Waals surface area contributed by atoms with Crippen LogP contribution in [-0.4, -0.2) is 16.3 Å². The lowest BCUT2D eigenvalue weighted by Gasteiger charge is -2.02. The van der Waals surface area contributed by atoms with Gasteiger partial charge >= 0.3 is 0 Å². The number of phenolic OH excluding ortho intramolecular Hbond substituents is 2. The maximum atomic E-state index is 9.80. The van der Waals surface area contributed by atoms with Gasteiger partial charge in [-0.2, -0.15) is 0 Å². The highest BCUT2D eigenvalue weighted by molar-refractivity contribution is 9.10. The van der Waals surface area contributed by atoms with Gasteiger partial charge in [0.05, 0.1) is 11.0 Å². The van der Waals surface area contributed by atoms with Crippen LogP contribution in [0.2, 0.25) is 0 Å². The number of aromatic hydroxyl groups is 2. The Kier molecular flexibility index (Phi) is 3.06. The molecule has 68 valence electrons. The average Bonchev–Trinajstić information content (AvgIpc) is 2.10. The van der Waals surface area contributed by atoms with Gasteiger partial charge in [0.25, 0.3) is 0 Å². The van der Waals surface area contributed by atoms with Crippen molar-refractivity contribution in [2.45, 2.75) is 6.54 Å². The number of hydrogen-bond donors (Lipinski definition) is 2. The van der Waals surface area contributed by atoms with Crippen LogP contribution in [0.5, 0.6) is 11.5 Å². The Balaban J connectivity index is 3.05. The number of phenols is 2. The van der Waals surface area contributed by atoms with Crippen LogP contribution in [0.4, 0.5) is 0 Å². The van der Waals surface area contributed by atoms with Crippen LogP contribution in [-0.2, 0) is 11.3 Å². The molecule has 0 aliphatic heterocycles. The van der Waals surface area contributed by atoms with Gasteiger partial charge in [-0.1, -0.05) is 0 Å². The maximum absolute atomic E-state index is 9.80. The van der Waals surface area contributed by atoms with E-state index in [1.165, 1.54) is 12.1 Å². The molecule has 0 radical (unpaired) electrons. The minimum Gasteiger partial charge on any atom is -0.504 e. The Morgan fingerprint density at radius 1 is 1.46 bits per heavy atom. The number of hydrogen-bond acceptors (Lipinski definition) is 4. The largest absolute Gasteiger partial charge is 0.504 e. The molecule has 0 aliphatic carbocycles. The summed E-state index contributed by atoms with van der Waals surface area (Å²) < 4.78 is 0.364. The number of rotatable bonds is 2. The molecule has 0 saturated heterocycles. The van der Waals surface area contributed by atoms with E-state index in [4.69, 9.17) is 10.2 Å². The Labute approximate surface area is 82.7 Å². The van der Waals surface area contributed by atoms with Crippen LogP contribution < -0.4 is 0 Å². The first-order valence-electron chi connectivity index (χ1n) is 3.39. The minimum atomic E-state index is -0.245. The molecule has 5 heteroatoms. The molecule has 0 bridgehead atoms. The first kappa shape index (κ1) is 9.77. The molecule has 1 aromatic rings. The number of nitrogens with zero attached hydrogens (tertiary/aromatic N) is 1. The van der Waals surface area contributed by atoms with Crippen LogP contribution in [0.25, 0.3) is 0 Å².